The summed E-state index contributed by atoms with van der Waals surface area (Å²) in [4.78, 5) is 0. The summed E-state index contributed by atoms with van der Waals surface area (Å²) in [6, 6.07) is 1.45. The molecule has 0 aromatic rings. The van der Waals surface area contributed by atoms with Crippen molar-refractivity contribution in [1.29, 1.82) is 0 Å². The smallest absolute Gasteiger partial charge is 0.0221 e. The normalized spacial score (nSPS) is 26.1. The van der Waals surface area contributed by atoms with Gasteiger partial charge in [0.1, 0.15) is 0 Å². The molecule has 88 valence electrons. The van der Waals surface area contributed by atoms with Crippen LogP contribution in [0.3, 0.4) is 0 Å². The third kappa shape index (κ3) is 5.40. The largest absolute Gasteiger partial charge is 0.313 e. The first-order chi connectivity index (χ1) is 5.88. The van der Waals surface area contributed by atoms with Crippen molar-refractivity contribution >= 4 is 24.8 Å². The summed E-state index contributed by atoms with van der Waals surface area (Å²) in [5.41, 5.74) is 0. The monoisotopic (exact) mass is 242 g/mol. The van der Waals surface area contributed by atoms with Crippen LogP contribution in [0.5, 0.6) is 0 Å². The molecule has 0 aromatic carbocycles. The molecule has 0 amide bonds. The fraction of sp³-hybridized carbons (Fsp3) is 1.00. The average molecular weight is 243 g/mol. The van der Waals surface area contributed by atoms with E-state index in [0.29, 0.717) is 0 Å². The number of hydrogen-bond donors (Lipinski definition) is 2. The highest BCUT2D eigenvalue weighted by Gasteiger charge is 2.22. The second-order valence-corrected chi connectivity index (χ2v) is 3.61. The topological polar surface area (TPSA) is 24.1 Å². The van der Waals surface area contributed by atoms with Crippen LogP contribution in [0.2, 0.25) is 0 Å². The van der Waals surface area contributed by atoms with E-state index in [2.05, 4.69) is 24.5 Å². The van der Waals surface area contributed by atoms with Gasteiger partial charge in [0.15, 0.2) is 0 Å². The summed E-state index contributed by atoms with van der Waals surface area (Å²) in [6.45, 7) is 6.59. The van der Waals surface area contributed by atoms with Crippen LogP contribution in [-0.4, -0.2) is 25.2 Å². The van der Waals surface area contributed by atoms with Gasteiger partial charge in [-0.2, -0.15) is 0 Å². The van der Waals surface area contributed by atoms with Gasteiger partial charge in [-0.25, -0.2) is 0 Å². The molecule has 2 atom stereocenters. The van der Waals surface area contributed by atoms with E-state index in [0.717, 1.165) is 25.2 Å². The molecule has 0 aromatic heterocycles. The Morgan fingerprint density at radius 3 is 1.50 bits per heavy atom. The van der Waals surface area contributed by atoms with Crippen LogP contribution in [0.25, 0.3) is 0 Å². The van der Waals surface area contributed by atoms with Gasteiger partial charge in [0.05, 0.1) is 0 Å². The molecule has 0 saturated heterocycles. The van der Waals surface area contributed by atoms with Crippen LogP contribution < -0.4 is 10.6 Å². The van der Waals surface area contributed by atoms with E-state index in [1.165, 1.54) is 25.7 Å². The van der Waals surface area contributed by atoms with E-state index in [1.807, 2.05) is 0 Å². The summed E-state index contributed by atoms with van der Waals surface area (Å²) in [6.07, 6.45) is 5.51. The molecule has 1 saturated carbocycles. The highest BCUT2D eigenvalue weighted by molar-refractivity contribution is 5.85. The average Bonchev–Trinajstić information content (AvgIpc) is 2.09. The molecule has 0 radical (unpaired) electrons. The van der Waals surface area contributed by atoms with Crippen molar-refractivity contribution in [3.63, 3.8) is 0 Å². The lowest BCUT2D eigenvalue weighted by Crippen LogP contribution is -2.49. The van der Waals surface area contributed by atoms with Crippen molar-refractivity contribution < 1.29 is 0 Å². The zero-order valence-electron chi connectivity index (χ0n) is 9.21. The fourth-order valence-corrected chi connectivity index (χ4v) is 2.14. The van der Waals surface area contributed by atoms with Crippen LogP contribution in [0.1, 0.15) is 39.5 Å². The lowest BCUT2D eigenvalue weighted by atomic mass is 9.90. The van der Waals surface area contributed by atoms with Gasteiger partial charge in [-0.1, -0.05) is 26.7 Å². The highest BCUT2D eigenvalue weighted by atomic mass is 35.5. The third-order valence-corrected chi connectivity index (χ3v) is 2.70. The predicted octanol–water partition coefficient (Wildman–Crippen LogP) is 2.36. The minimum atomic E-state index is 0. The Kier molecular flexibility index (Phi) is 12.1. The molecule has 0 bridgehead atoms. The van der Waals surface area contributed by atoms with Crippen molar-refractivity contribution in [1.82, 2.24) is 10.6 Å². The van der Waals surface area contributed by atoms with Crippen molar-refractivity contribution in [2.24, 2.45) is 0 Å². The molecule has 1 aliphatic rings. The Labute approximate surface area is 100 Å². The molecule has 4 heteroatoms. The van der Waals surface area contributed by atoms with E-state index >= 15 is 0 Å². The maximum absolute atomic E-state index is 3.56. The molecule has 2 N–H and O–H groups in total. The van der Waals surface area contributed by atoms with Gasteiger partial charge in [0.25, 0.3) is 0 Å². The Hall–Kier alpha value is 0.500. The van der Waals surface area contributed by atoms with Gasteiger partial charge in [0.2, 0.25) is 0 Å². The van der Waals surface area contributed by atoms with Crippen molar-refractivity contribution in [3.8, 4) is 0 Å². The van der Waals surface area contributed by atoms with E-state index in [1.54, 1.807) is 0 Å². The van der Waals surface area contributed by atoms with Crippen molar-refractivity contribution in [2.45, 2.75) is 51.6 Å². The van der Waals surface area contributed by atoms with Gasteiger partial charge < -0.3 is 10.6 Å². The molecule has 0 aliphatic heterocycles. The summed E-state index contributed by atoms with van der Waals surface area (Å²) < 4.78 is 0. The van der Waals surface area contributed by atoms with Crippen LogP contribution in [0, 0.1) is 0 Å². The molecule has 0 spiro atoms. The predicted molar refractivity (Wildman–Crippen MR) is 67.9 cm³/mol. The minimum Gasteiger partial charge on any atom is -0.313 e. The Morgan fingerprint density at radius 1 is 0.857 bits per heavy atom. The summed E-state index contributed by atoms with van der Waals surface area (Å²) in [7, 11) is 0. The quantitative estimate of drug-likeness (QED) is 0.792. The summed E-state index contributed by atoms with van der Waals surface area (Å²) in [5.74, 6) is 0. The lowest BCUT2D eigenvalue weighted by molar-refractivity contribution is 0.291. The highest BCUT2D eigenvalue weighted by Crippen LogP contribution is 2.18. The van der Waals surface area contributed by atoms with Crippen LogP contribution in [0.15, 0.2) is 0 Å². The van der Waals surface area contributed by atoms with Gasteiger partial charge >= 0.3 is 0 Å². The van der Waals surface area contributed by atoms with Gasteiger partial charge in [-0.05, 0) is 25.9 Å². The van der Waals surface area contributed by atoms with E-state index < -0.39 is 0 Å². The SMILES string of the molecule is CCNC1CCCCC1NCC.Cl.Cl. The number of nitrogens with one attached hydrogen (secondary N) is 2. The number of rotatable bonds is 4. The third-order valence-electron chi connectivity index (χ3n) is 2.70. The van der Waals surface area contributed by atoms with Crippen molar-refractivity contribution in [2.75, 3.05) is 13.1 Å². The van der Waals surface area contributed by atoms with Gasteiger partial charge in [0, 0.05) is 12.1 Å². The standard InChI is InChI=1S/C10H22N2.2ClH/c1-3-11-9-7-5-6-8-10(9)12-4-2;;/h9-12H,3-8H2,1-2H3;2*1H. The molecule has 1 fully saturated rings. The van der Waals surface area contributed by atoms with Crippen LogP contribution in [-0.2, 0) is 0 Å². The number of halogens is 2. The molecule has 2 nitrogen and oxygen atoms in total. The molecule has 1 rings (SSSR count). The summed E-state index contributed by atoms with van der Waals surface area (Å²) >= 11 is 0. The second kappa shape index (κ2) is 10.0. The van der Waals surface area contributed by atoms with Crippen LogP contribution >= 0.6 is 24.8 Å². The Bertz CT molecular complexity index is 105. The van der Waals surface area contributed by atoms with Crippen molar-refractivity contribution in [3.05, 3.63) is 0 Å². The van der Waals surface area contributed by atoms with Gasteiger partial charge in [-0.15, -0.1) is 24.8 Å². The minimum absolute atomic E-state index is 0. The van der Waals surface area contributed by atoms with Gasteiger partial charge in [-0.3, -0.25) is 0 Å². The van der Waals surface area contributed by atoms with E-state index in [4.69, 9.17) is 0 Å². The molecule has 0 heterocycles. The zero-order valence-corrected chi connectivity index (χ0v) is 10.8. The maximum atomic E-state index is 3.56. The Balaban J connectivity index is 0. The first-order valence-corrected chi connectivity index (χ1v) is 5.35. The van der Waals surface area contributed by atoms with E-state index in [-0.39, 0.29) is 24.8 Å². The molecule has 2 unspecified atom stereocenters. The fourth-order valence-electron chi connectivity index (χ4n) is 2.14. The molecular weight excluding hydrogens is 219 g/mol. The summed E-state index contributed by atoms with van der Waals surface area (Å²) in [5, 5.41) is 7.11. The first-order valence-electron chi connectivity index (χ1n) is 5.35. The maximum Gasteiger partial charge on any atom is 0.0221 e. The molecular formula is C10H24Cl2N2. The van der Waals surface area contributed by atoms with Crippen LogP contribution in [0.4, 0.5) is 0 Å². The number of likely N-dealkylation sites (N-methyl/N-ethyl adjacent to an activating group) is 2. The Morgan fingerprint density at radius 2 is 1.21 bits per heavy atom. The lowest BCUT2D eigenvalue weighted by Gasteiger charge is -2.32. The zero-order chi connectivity index (χ0) is 8.81. The molecule has 14 heavy (non-hydrogen) atoms. The van der Waals surface area contributed by atoms with E-state index in [9.17, 15) is 0 Å². The molecule has 1 aliphatic carbocycles. The number of hydrogen-bond acceptors (Lipinski definition) is 2. The first kappa shape index (κ1) is 16.9. The second-order valence-electron chi connectivity index (χ2n) is 3.61.